The monoisotopic (exact) mass is 338 g/mol. The molecule has 1 fully saturated rings. The highest BCUT2D eigenvalue weighted by Crippen LogP contribution is 2.41. The number of nitrogens with zero attached hydrogens (tertiary/aromatic N) is 4. The number of H-pyrrole nitrogens is 1. The number of amides is 1. The molecule has 0 atom stereocenters. The average Bonchev–Trinajstić information content (AvgIpc) is 3.27. The van der Waals surface area contributed by atoms with Gasteiger partial charge in [0.15, 0.2) is 0 Å². The minimum Gasteiger partial charge on any atom is -0.361 e. The molecule has 2 N–H and O–H groups in total. The van der Waals surface area contributed by atoms with E-state index in [1.165, 1.54) is 6.42 Å². The molecule has 7 heteroatoms. The summed E-state index contributed by atoms with van der Waals surface area (Å²) in [5, 5.41) is 15.6. The van der Waals surface area contributed by atoms with Gasteiger partial charge in [0.2, 0.25) is 5.91 Å². The molecule has 1 aromatic carbocycles. The summed E-state index contributed by atoms with van der Waals surface area (Å²) in [6.45, 7) is 0.696. The summed E-state index contributed by atoms with van der Waals surface area (Å²) in [7, 11) is 0. The minimum absolute atomic E-state index is 0.0590. The molecule has 130 valence electrons. The Morgan fingerprint density at radius 3 is 2.92 bits per heavy atom. The topological polar surface area (TPSA) is 88.5 Å². The Kier molecular flexibility index (Phi) is 4.21. The van der Waals surface area contributed by atoms with Crippen molar-refractivity contribution in [3.63, 3.8) is 0 Å². The molecule has 0 radical (unpaired) electrons. The predicted octanol–water partition coefficient (Wildman–Crippen LogP) is 3.13. The number of carbonyl (C=O) groups excluding carboxylic acids is 1. The lowest BCUT2D eigenvalue weighted by Gasteiger charge is -2.36. The molecule has 1 aliphatic rings. The largest absolute Gasteiger partial charge is 0.361 e. The van der Waals surface area contributed by atoms with Crippen LogP contribution >= 0.6 is 0 Å². The first-order chi connectivity index (χ1) is 12.2. The number of hydrogen-bond donors (Lipinski definition) is 2. The maximum absolute atomic E-state index is 12.8. The zero-order valence-corrected chi connectivity index (χ0v) is 14.1. The fraction of sp³-hybridized carbons (Fsp3) is 0.444. The van der Waals surface area contributed by atoms with E-state index >= 15 is 0 Å². The summed E-state index contributed by atoms with van der Waals surface area (Å²) in [4.78, 5) is 16.0. The standard InChI is InChI=1S/C18H22N6O/c25-17(21-16-6-4-5-15-14(16)7-10-19-15)11-18(8-2-1-3-9-18)12-24-13-20-22-23-24/h4-7,10,13,19H,1-3,8-9,11-12H2,(H,21,25). The van der Waals surface area contributed by atoms with Crippen molar-refractivity contribution >= 4 is 22.5 Å². The number of aromatic nitrogens is 5. The maximum atomic E-state index is 12.8. The van der Waals surface area contributed by atoms with Crippen LogP contribution in [0.15, 0.2) is 36.8 Å². The van der Waals surface area contributed by atoms with E-state index in [2.05, 4.69) is 25.8 Å². The fourth-order valence-corrected chi connectivity index (χ4v) is 4.02. The molecule has 3 aromatic rings. The first kappa shape index (κ1) is 15.8. The van der Waals surface area contributed by atoms with Crippen LogP contribution in [0.25, 0.3) is 10.9 Å². The van der Waals surface area contributed by atoms with Crippen molar-refractivity contribution in [2.24, 2.45) is 5.41 Å². The van der Waals surface area contributed by atoms with Crippen LogP contribution in [0.3, 0.4) is 0 Å². The molecule has 1 aliphatic carbocycles. The Morgan fingerprint density at radius 1 is 1.24 bits per heavy atom. The molecule has 0 spiro atoms. The Morgan fingerprint density at radius 2 is 2.12 bits per heavy atom. The quantitative estimate of drug-likeness (QED) is 0.748. The van der Waals surface area contributed by atoms with Gasteiger partial charge in [-0.1, -0.05) is 25.3 Å². The first-order valence-electron chi connectivity index (χ1n) is 8.81. The van der Waals surface area contributed by atoms with E-state index in [1.807, 2.05) is 30.5 Å². The number of hydrogen-bond acceptors (Lipinski definition) is 4. The van der Waals surface area contributed by atoms with E-state index < -0.39 is 0 Å². The van der Waals surface area contributed by atoms with Gasteiger partial charge >= 0.3 is 0 Å². The minimum atomic E-state index is -0.0657. The van der Waals surface area contributed by atoms with Crippen LogP contribution < -0.4 is 5.32 Å². The van der Waals surface area contributed by atoms with Crippen molar-refractivity contribution in [1.29, 1.82) is 0 Å². The van der Waals surface area contributed by atoms with Crippen LogP contribution in [0.4, 0.5) is 5.69 Å². The van der Waals surface area contributed by atoms with E-state index in [4.69, 9.17) is 0 Å². The summed E-state index contributed by atoms with van der Waals surface area (Å²) >= 11 is 0. The zero-order valence-electron chi connectivity index (χ0n) is 14.1. The van der Waals surface area contributed by atoms with Crippen molar-refractivity contribution in [2.75, 3.05) is 5.32 Å². The highest BCUT2D eigenvalue weighted by Gasteiger charge is 2.35. The SMILES string of the molecule is O=C(CC1(Cn2cnnn2)CCCCC1)Nc1cccc2[nH]ccc12. The van der Waals surface area contributed by atoms with Crippen LogP contribution in [0.5, 0.6) is 0 Å². The number of benzene rings is 1. The van der Waals surface area contributed by atoms with Crippen LogP contribution in [0.1, 0.15) is 38.5 Å². The van der Waals surface area contributed by atoms with Gasteiger partial charge in [0.05, 0.1) is 12.2 Å². The average molecular weight is 338 g/mol. The molecule has 0 saturated heterocycles. The molecule has 0 aliphatic heterocycles. The molecule has 1 saturated carbocycles. The van der Waals surface area contributed by atoms with E-state index in [0.717, 1.165) is 42.3 Å². The van der Waals surface area contributed by atoms with Gasteiger partial charge in [0.25, 0.3) is 0 Å². The van der Waals surface area contributed by atoms with Gasteiger partial charge < -0.3 is 10.3 Å². The third-order valence-corrected chi connectivity index (χ3v) is 5.21. The first-order valence-corrected chi connectivity index (χ1v) is 8.81. The van der Waals surface area contributed by atoms with Gasteiger partial charge in [-0.25, -0.2) is 4.68 Å². The highest BCUT2D eigenvalue weighted by molar-refractivity contribution is 6.01. The number of carbonyl (C=O) groups is 1. The number of tetrazole rings is 1. The van der Waals surface area contributed by atoms with E-state index in [-0.39, 0.29) is 11.3 Å². The normalized spacial score (nSPS) is 16.8. The molecule has 25 heavy (non-hydrogen) atoms. The van der Waals surface area contributed by atoms with Crippen molar-refractivity contribution in [1.82, 2.24) is 25.2 Å². The molecule has 1 amide bonds. The Hall–Kier alpha value is -2.70. The Bertz CT molecular complexity index is 847. The molecule has 2 aromatic heterocycles. The highest BCUT2D eigenvalue weighted by atomic mass is 16.1. The third kappa shape index (κ3) is 3.40. The summed E-state index contributed by atoms with van der Waals surface area (Å²) in [6.07, 6.45) is 9.64. The lowest BCUT2D eigenvalue weighted by molar-refractivity contribution is -0.119. The molecule has 7 nitrogen and oxygen atoms in total. The van der Waals surface area contributed by atoms with Gasteiger partial charge in [-0.2, -0.15) is 0 Å². The van der Waals surface area contributed by atoms with E-state index in [9.17, 15) is 4.79 Å². The van der Waals surface area contributed by atoms with Crippen molar-refractivity contribution in [3.8, 4) is 0 Å². The number of rotatable bonds is 5. The Balaban J connectivity index is 1.51. The van der Waals surface area contributed by atoms with Gasteiger partial charge in [-0.3, -0.25) is 4.79 Å². The Labute approximate surface area is 145 Å². The second-order valence-corrected chi connectivity index (χ2v) is 7.04. The lowest BCUT2D eigenvalue weighted by Crippen LogP contribution is -2.34. The second kappa shape index (κ2) is 6.66. The number of nitrogens with one attached hydrogen (secondary N) is 2. The van der Waals surface area contributed by atoms with Crippen LogP contribution in [0.2, 0.25) is 0 Å². The fourth-order valence-electron chi connectivity index (χ4n) is 4.02. The predicted molar refractivity (Wildman–Crippen MR) is 94.9 cm³/mol. The van der Waals surface area contributed by atoms with Gasteiger partial charge in [0, 0.05) is 23.5 Å². The third-order valence-electron chi connectivity index (χ3n) is 5.21. The van der Waals surface area contributed by atoms with Crippen molar-refractivity contribution < 1.29 is 4.79 Å². The number of fused-ring (bicyclic) bond motifs is 1. The van der Waals surface area contributed by atoms with Crippen LogP contribution in [-0.4, -0.2) is 31.1 Å². The summed E-state index contributed by atoms with van der Waals surface area (Å²) in [5.74, 6) is 0.0590. The van der Waals surface area contributed by atoms with E-state index in [0.29, 0.717) is 13.0 Å². The van der Waals surface area contributed by atoms with Gasteiger partial charge in [0.1, 0.15) is 6.33 Å². The lowest BCUT2D eigenvalue weighted by atomic mass is 9.71. The molecule has 0 bridgehead atoms. The van der Waals surface area contributed by atoms with Gasteiger partial charge in [-0.05, 0) is 46.9 Å². The summed E-state index contributed by atoms with van der Waals surface area (Å²) in [6, 6.07) is 7.89. The van der Waals surface area contributed by atoms with Crippen molar-refractivity contribution in [3.05, 3.63) is 36.8 Å². The summed E-state index contributed by atoms with van der Waals surface area (Å²) in [5.41, 5.74) is 1.82. The number of anilines is 1. The molecular weight excluding hydrogens is 316 g/mol. The van der Waals surface area contributed by atoms with Crippen LogP contribution in [-0.2, 0) is 11.3 Å². The second-order valence-electron chi connectivity index (χ2n) is 7.04. The molecule has 2 heterocycles. The molecule has 4 rings (SSSR count). The smallest absolute Gasteiger partial charge is 0.225 e. The molecular formula is C18H22N6O. The zero-order chi connectivity index (χ0) is 17.1. The molecule has 0 unspecified atom stereocenters. The van der Waals surface area contributed by atoms with E-state index in [1.54, 1.807) is 11.0 Å². The maximum Gasteiger partial charge on any atom is 0.225 e. The van der Waals surface area contributed by atoms with Crippen LogP contribution in [0, 0.1) is 5.41 Å². The van der Waals surface area contributed by atoms with Gasteiger partial charge in [-0.15, -0.1) is 5.10 Å². The summed E-state index contributed by atoms with van der Waals surface area (Å²) < 4.78 is 1.76. The van der Waals surface area contributed by atoms with Crippen molar-refractivity contribution in [2.45, 2.75) is 45.1 Å². The number of aromatic amines is 1.